The zero-order valence-corrected chi connectivity index (χ0v) is 18.8. The highest BCUT2D eigenvalue weighted by atomic mass is 35.5. The first-order valence-electron chi connectivity index (χ1n) is 9.56. The van der Waals surface area contributed by atoms with Crippen LogP contribution in [-0.4, -0.2) is 20.8 Å². The highest BCUT2D eigenvalue weighted by molar-refractivity contribution is 6.30. The van der Waals surface area contributed by atoms with E-state index in [1.807, 2.05) is 60.7 Å². The fourth-order valence-electron chi connectivity index (χ4n) is 3.09. The summed E-state index contributed by atoms with van der Waals surface area (Å²) in [4.78, 5) is 0. The molecule has 0 radical (unpaired) electrons. The van der Waals surface area contributed by atoms with Crippen LogP contribution in [0.1, 0.15) is 16.7 Å². The van der Waals surface area contributed by atoms with Crippen molar-refractivity contribution in [2.24, 2.45) is 0 Å². The molecule has 3 rings (SSSR count). The van der Waals surface area contributed by atoms with E-state index in [9.17, 15) is 0 Å². The molecule has 0 atom stereocenters. The van der Waals surface area contributed by atoms with E-state index in [-0.39, 0.29) is 12.4 Å². The highest BCUT2D eigenvalue weighted by Gasteiger charge is 2.07. The van der Waals surface area contributed by atoms with Crippen molar-refractivity contribution in [1.29, 1.82) is 0 Å². The Hall–Kier alpha value is -2.40. The molecule has 4 nitrogen and oxygen atoms in total. The lowest BCUT2D eigenvalue weighted by atomic mass is 10.1. The maximum absolute atomic E-state index is 6.03. The molecule has 0 bridgehead atoms. The molecule has 1 N–H and O–H groups in total. The number of ether oxygens (including phenoxy) is 3. The van der Waals surface area contributed by atoms with Crippen LogP contribution in [0.2, 0.25) is 5.02 Å². The SMILES string of the molecule is COc1ccccc1CCNCc1ccc(OCc2cccc(Cl)c2)c(OC)c1.Cl. The van der Waals surface area contributed by atoms with Crippen LogP contribution in [0.5, 0.6) is 17.2 Å². The van der Waals surface area contributed by atoms with Gasteiger partial charge in [0.1, 0.15) is 12.4 Å². The van der Waals surface area contributed by atoms with Crippen molar-refractivity contribution in [2.75, 3.05) is 20.8 Å². The van der Waals surface area contributed by atoms with Crippen LogP contribution in [0.15, 0.2) is 66.7 Å². The molecule has 0 spiro atoms. The molecule has 160 valence electrons. The van der Waals surface area contributed by atoms with Gasteiger partial charge in [-0.1, -0.05) is 48.0 Å². The van der Waals surface area contributed by atoms with Gasteiger partial charge in [-0.25, -0.2) is 0 Å². The second-order valence-electron chi connectivity index (χ2n) is 6.64. The predicted molar refractivity (Wildman–Crippen MR) is 124 cm³/mol. The van der Waals surface area contributed by atoms with Gasteiger partial charge in [-0.05, 0) is 60.0 Å². The summed E-state index contributed by atoms with van der Waals surface area (Å²) in [5.41, 5.74) is 3.35. The number of benzene rings is 3. The number of para-hydroxylation sites is 1. The number of hydrogen-bond acceptors (Lipinski definition) is 4. The van der Waals surface area contributed by atoms with Gasteiger partial charge in [0.05, 0.1) is 14.2 Å². The average Bonchev–Trinajstić information content (AvgIpc) is 2.76. The molecule has 0 aromatic heterocycles. The second kappa shape index (κ2) is 12.3. The number of rotatable bonds is 10. The molecule has 0 heterocycles. The summed E-state index contributed by atoms with van der Waals surface area (Å²) in [7, 11) is 3.36. The Bertz CT molecular complexity index is 934. The van der Waals surface area contributed by atoms with Crippen molar-refractivity contribution in [1.82, 2.24) is 5.32 Å². The van der Waals surface area contributed by atoms with Gasteiger partial charge in [0, 0.05) is 11.6 Å². The van der Waals surface area contributed by atoms with E-state index in [1.165, 1.54) is 5.56 Å². The van der Waals surface area contributed by atoms with Gasteiger partial charge in [-0.15, -0.1) is 12.4 Å². The molecule has 0 saturated heterocycles. The van der Waals surface area contributed by atoms with Gasteiger partial charge < -0.3 is 19.5 Å². The average molecular weight is 448 g/mol. The molecule has 0 amide bonds. The predicted octanol–water partition coefficient (Wildman–Crippen LogP) is 5.69. The molecule has 3 aromatic carbocycles. The molecule has 0 unspecified atom stereocenters. The largest absolute Gasteiger partial charge is 0.496 e. The van der Waals surface area contributed by atoms with Crippen molar-refractivity contribution in [2.45, 2.75) is 19.6 Å². The molecule has 0 aliphatic carbocycles. The first kappa shape index (κ1) is 23.9. The first-order chi connectivity index (χ1) is 14.2. The Balaban J connectivity index is 0.00000320. The molecule has 6 heteroatoms. The minimum absolute atomic E-state index is 0. The van der Waals surface area contributed by atoms with Crippen LogP contribution in [0.3, 0.4) is 0 Å². The van der Waals surface area contributed by atoms with Crippen molar-refractivity contribution < 1.29 is 14.2 Å². The van der Waals surface area contributed by atoms with Gasteiger partial charge in [0.2, 0.25) is 0 Å². The minimum Gasteiger partial charge on any atom is -0.496 e. The molecule has 0 saturated carbocycles. The standard InChI is InChI=1S/C24H26ClNO3.ClH/c1-27-22-9-4-3-7-20(22)12-13-26-16-18-10-11-23(24(15-18)28-2)29-17-19-6-5-8-21(25)14-19;/h3-11,14-15,26H,12-13,16-17H2,1-2H3;1H. The number of hydrogen-bond donors (Lipinski definition) is 1. The van der Waals surface area contributed by atoms with Crippen molar-refractivity contribution in [3.63, 3.8) is 0 Å². The third-order valence-electron chi connectivity index (χ3n) is 4.60. The Morgan fingerprint density at radius 2 is 1.60 bits per heavy atom. The molecular formula is C24H27Cl2NO3. The quantitative estimate of drug-likeness (QED) is 0.405. The smallest absolute Gasteiger partial charge is 0.161 e. The summed E-state index contributed by atoms with van der Waals surface area (Å²) in [5.74, 6) is 2.36. The summed E-state index contributed by atoms with van der Waals surface area (Å²) >= 11 is 6.03. The first-order valence-corrected chi connectivity index (χ1v) is 9.94. The zero-order chi connectivity index (χ0) is 20.5. The summed E-state index contributed by atoms with van der Waals surface area (Å²) in [6.07, 6.45) is 0.905. The second-order valence-corrected chi connectivity index (χ2v) is 7.08. The van der Waals surface area contributed by atoms with Crippen molar-refractivity contribution in [3.05, 3.63) is 88.4 Å². The molecule has 0 aliphatic heterocycles. The minimum atomic E-state index is 0. The summed E-state index contributed by atoms with van der Waals surface area (Å²) < 4.78 is 16.8. The van der Waals surface area contributed by atoms with Gasteiger partial charge in [-0.3, -0.25) is 0 Å². The van der Waals surface area contributed by atoms with E-state index in [1.54, 1.807) is 14.2 Å². The highest BCUT2D eigenvalue weighted by Crippen LogP contribution is 2.29. The van der Waals surface area contributed by atoms with E-state index in [4.69, 9.17) is 25.8 Å². The van der Waals surface area contributed by atoms with E-state index in [2.05, 4.69) is 11.4 Å². The van der Waals surface area contributed by atoms with Gasteiger partial charge >= 0.3 is 0 Å². The molecule has 0 aliphatic rings. The van der Waals surface area contributed by atoms with Crippen LogP contribution >= 0.6 is 24.0 Å². The molecule has 0 fully saturated rings. The lowest BCUT2D eigenvalue weighted by Gasteiger charge is -2.13. The van der Waals surface area contributed by atoms with Crippen molar-refractivity contribution >= 4 is 24.0 Å². The van der Waals surface area contributed by atoms with Gasteiger partial charge in [0.15, 0.2) is 11.5 Å². The van der Waals surface area contributed by atoms with E-state index >= 15 is 0 Å². The van der Waals surface area contributed by atoms with Crippen LogP contribution in [0, 0.1) is 0 Å². The summed E-state index contributed by atoms with van der Waals surface area (Å²) in [6.45, 7) is 2.04. The maximum atomic E-state index is 6.03. The monoisotopic (exact) mass is 447 g/mol. The zero-order valence-electron chi connectivity index (χ0n) is 17.2. The molecular weight excluding hydrogens is 421 g/mol. The summed E-state index contributed by atoms with van der Waals surface area (Å²) in [5, 5.41) is 4.17. The lowest BCUT2D eigenvalue weighted by Crippen LogP contribution is -2.17. The summed E-state index contributed by atoms with van der Waals surface area (Å²) in [6, 6.07) is 21.7. The molecule has 3 aromatic rings. The Morgan fingerprint density at radius 1 is 0.800 bits per heavy atom. The van der Waals surface area contributed by atoms with Crippen LogP contribution < -0.4 is 19.5 Å². The van der Waals surface area contributed by atoms with E-state index in [0.717, 1.165) is 42.1 Å². The Labute approximate surface area is 189 Å². The lowest BCUT2D eigenvalue weighted by molar-refractivity contribution is 0.284. The van der Waals surface area contributed by atoms with Crippen LogP contribution in [0.4, 0.5) is 0 Å². The van der Waals surface area contributed by atoms with E-state index < -0.39 is 0 Å². The van der Waals surface area contributed by atoms with Gasteiger partial charge in [-0.2, -0.15) is 0 Å². The Kier molecular flexibility index (Phi) is 9.81. The molecule has 30 heavy (non-hydrogen) atoms. The maximum Gasteiger partial charge on any atom is 0.161 e. The normalized spacial score (nSPS) is 10.2. The van der Waals surface area contributed by atoms with Gasteiger partial charge in [0.25, 0.3) is 0 Å². The third kappa shape index (κ3) is 6.84. The fraction of sp³-hybridized carbons (Fsp3) is 0.250. The fourth-order valence-corrected chi connectivity index (χ4v) is 3.31. The van der Waals surface area contributed by atoms with Crippen LogP contribution in [0.25, 0.3) is 0 Å². The number of halogens is 2. The topological polar surface area (TPSA) is 39.7 Å². The van der Waals surface area contributed by atoms with Crippen molar-refractivity contribution in [3.8, 4) is 17.2 Å². The Morgan fingerprint density at radius 3 is 2.37 bits per heavy atom. The number of methoxy groups -OCH3 is 2. The number of nitrogens with one attached hydrogen (secondary N) is 1. The van der Waals surface area contributed by atoms with Crippen LogP contribution in [-0.2, 0) is 19.6 Å². The third-order valence-corrected chi connectivity index (χ3v) is 4.84. The van der Waals surface area contributed by atoms with E-state index in [0.29, 0.717) is 17.4 Å².